The van der Waals surface area contributed by atoms with Gasteiger partial charge < -0.3 is 4.42 Å². The van der Waals surface area contributed by atoms with Gasteiger partial charge in [0.05, 0.1) is 11.6 Å². The molecular formula is C13H14ClNO3S. The van der Waals surface area contributed by atoms with Crippen LogP contribution in [0.25, 0.3) is 0 Å². The van der Waals surface area contributed by atoms with E-state index in [2.05, 4.69) is 0 Å². The summed E-state index contributed by atoms with van der Waals surface area (Å²) < 4.78 is 31.5. The minimum Gasteiger partial charge on any atom is -0.464 e. The van der Waals surface area contributed by atoms with E-state index in [1.165, 1.54) is 17.4 Å². The fourth-order valence-corrected chi connectivity index (χ4v) is 3.28. The Bertz CT molecular complexity index is 664. The molecule has 0 aliphatic rings. The minimum atomic E-state index is -3.63. The normalized spacial score (nSPS) is 11.5. The van der Waals surface area contributed by atoms with Crippen LogP contribution in [0.1, 0.15) is 11.5 Å². The number of para-hydroxylation sites is 1. The lowest BCUT2D eigenvalue weighted by Crippen LogP contribution is -2.26. The average Bonchev–Trinajstić information content (AvgIpc) is 2.81. The fourth-order valence-electron chi connectivity index (χ4n) is 1.77. The number of alkyl halides is 1. The predicted octanol–water partition coefficient (Wildman–Crippen LogP) is 3.15. The van der Waals surface area contributed by atoms with Gasteiger partial charge in [-0.3, -0.25) is 4.31 Å². The van der Waals surface area contributed by atoms with Crippen molar-refractivity contribution in [2.24, 2.45) is 0 Å². The molecule has 0 radical (unpaired) electrons. The molecular weight excluding hydrogens is 286 g/mol. The largest absolute Gasteiger partial charge is 0.464 e. The van der Waals surface area contributed by atoms with Crippen molar-refractivity contribution in [2.75, 3.05) is 11.4 Å². The first-order valence-electron chi connectivity index (χ1n) is 5.66. The van der Waals surface area contributed by atoms with Crippen LogP contribution >= 0.6 is 11.6 Å². The highest BCUT2D eigenvalue weighted by Gasteiger charge is 2.26. The molecule has 102 valence electrons. The summed E-state index contributed by atoms with van der Waals surface area (Å²) in [4.78, 5) is 0.148. The van der Waals surface area contributed by atoms with Crippen LogP contribution in [0.2, 0.25) is 0 Å². The average molecular weight is 300 g/mol. The Labute approximate surface area is 117 Å². The Balaban J connectivity index is 2.45. The van der Waals surface area contributed by atoms with Gasteiger partial charge >= 0.3 is 0 Å². The van der Waals surface area contributed by atoms with Crippen molar-refractivity contribution in [3.63, 3.8) is 0 Å². The van der Waals surface area contributed by atoms with Crippen LogP contribution in [-0.4, -0.2) is 15.5 Å². The second-order valence-corrected chi connectivity index (χ2v) is 6.28. The molecule has 6 heteroatoms. The highest BCUT2D eigenvalue weighted by molar-refractivity contribution is 7.92. The van der Waals surface area contributed by atoms with Crippen LogP contribution in [0.15, 0.2) is 45.7 Å². The molecule has 19 heavy (non-hydrogen) atoms. The smallest absolute Gasteiger partial charge is 0.267 e. The first kappa shape index (κ1) is 14.0. The van der Waals surface area contributed by atoms with Gasteiger partial charge in [0.1, 0.15) is 16.4 Å². The highest BCUT2D eigenvalue weighted by atomic mass is 35.5. The van der Waals surface area contributed by atoms with Gasteiger partial charge in [-0.25, -0.2) is 8.42 Å². The van der Waals surface area contributed by atoms with Gasteiger partial charge in [0, 0.05) is 13.1 Å². The van der Waals surface area contributed by atoms with Crippen molar-refractivity contribution in [3.8, 4) is 0 Å². The van der Waals surface area contributed by atoms with E-state index in [1.54, 1.807) is 31.2 Å². The fraction of sp³-hybridized carbons (Fsp3) is 0.231. The molecule has 0 amide bonds. The molecule has 0 N–H and O–H groups in total. The van der Waals surface area contributed by atoms with E-state index < -0.39 is 10.0 Å². The van der Waals surface area contributed by atoms with Gasteiger partial charge in [0.25, 0.3) is 10.0 Å². The van der Waals surface area contributed by atoms with Gasteiger partial charge in [0.2, 0.25) is 0 Å². The molecule has 1 aromatic carbocycles. The third-order valence-electron chi connectivity index (χ3n) is 2.81. The molecule has 0 spiro atoms. The monoisotopic (exact) mass is 299 g/mol. The molecule has 2 rings (SSSR count). The van der Waals surface area contributed by atoms with E-state index in [9.17, 15) is 8.42 Å². The lowest BCUT2D eigenvalue weighted by Gasteiger charge is -2.18. The number of sulfonamides is 1. The maximum absolute atomic E-state index is 12.5. The number of hydrogen-bond acceptors (Lipinski definition) is 3. The number of anilines is 1. The highest BCUT2D eigenvalue weighted by Crippen LogP contribution is 2.27. The predicted molar refractivity (Wildman–Crippen MR) is 75.0 cm³/mol. The molecule has 1 heterocycles. The number of rotatable bonds is 4. The Morgan fingerprint density at radius 1 is 1.26 bits per heavy atom. The Hall–Kier alpha value is -1.46. The van der Waals surface area contributed by atoms with E-state index in [0.717, 1.165) is 0 Å². The lowest BCUT2D eigenvalue weighted by atomic mass is 10.3. The van der Waals surface area contributed by atoms with Crippen molar-refractivity contribution in [2.45, 2.75) is 17.7 Å². The van der Waals surface area contributed by atoms with Crippen molar-refractivity contribution >= 4 is 27.3 Å². The topological polar surface area (TPSA) is 50.5 Å². The number of benzene rings is 1. The van der Waals surface area contributed by atoms with Crippen molar-refractivity contribution in [1.29, 1.82) is 0 Å². The number of hydrogen-bond donors (Lipinski definition) is 0. The molecule has 2 aromatic rings. The summed E-state index contributed by atoms with van der Waals surface area (Å²) in [5.74, 6) is 0.934. The first-order valence-corrected chi connectivity index (χ1v) is 7.63. The Morgan fingerprint density at radius 2 is 1.89 bits per heavy atom. The second-order valence-electron chi connectivity index (χ2n) is 4.07. The standard InChI is InChI=1S/C13H14ClNO3S/c1-10-13(8-12(9-14)18-10)19(16,17)15(2)11-6-4-3-5-7-11/h3-8H,9H2,1-2H3. The van der Waals surface area contributed by atoms with E-state index in [-0.39, 0.29) is 10.8 Å². The zero-order valence-electron chi connectivity index (χ0n) is 10.6. The van der Waals surface area contributed by atoms with Gasteiger partial charge in [-0.2, -0.15) is 0 Å². The van der Waals surface area contributed by atoms with E-state index in [1.807, 2.05) is 6.07 Å². The number of furan rings is 1. The molecule has 0 fully saturated rings. The maximum atomic E-state index is 12.5. The summed E-state index contributed by atoms with van der Waals surface area (Å²) in [5, 5.41) is 0. The summed E-state index contributed by atoms with van der Waals surface area (Å²) in [6.45, 7) is 1.61. The lowest BCUT2D eigenvalue weighted by molar-refractivity contribution is 0.492. The van der Waals surface area contributed by atoms with Gasteiger partial charge in [-0.1, -0.05) is 18.2 Å². The third kappa shape index (κ3) is 2.62. The van der Waals surface area contributed by atoms with Gasteiger partial charge in [0.15, 0.2) is 0 Å². The van der Waals surface area contributed by atoms with E-state index in [0.29, 0.717) is 17.2 Å². The Morgan fingerprint density at radius 3 is 2.42 bits per heavy atom. The SMILES string of the molecule is Cc1oc(CCl)cc1S(=O)(=O)N(C)c1ccccc1. The van der Waals surface area contributed by atoms with E-state index in [4.69, 9.17) is 16.0 Å². The number of aryl methyl sites for hydroxylation is 1. The zero-order chi connectivity index (χ0) is 14.0. The maximum Gasteiger partial charge on any atom is 0.267 e. The summed E-state index contributed by atoms with van der Waals surface area (Å²) in [6.07, 6.45) is 0. The van der Waals surface area contributed by atoms with Gasteiger partial charge in [-0.15, -0.1) is 11.6 Å². The van der Waals surface area contributed by atoms with E-state index >= 15 is 0 Å². The van der Waals surface area contributed by atoms with Crippen molar-refractivity contribution in [1.82, 2.24) is 0 Å². The second kappa shape index (κ2) is 5.27. The van der Waals surface area contributed by atoms with Crippen LogP contribution in [0.3, 0.4) is 0 Å². The molecule has 0 saturated heterocycles. The van der Waals surface area contributed by atoms with Crippen LogP contribution < -0.4 is 4.31 Å². The van der Waals surface area contributed by atoms with Crippen LogP contribution in [-0.2, 0) is 15.9 Å². The first-order chi connectivity index (χ1) is 8.96. The molecule has 4 nitrogen and oxygen atoms in total. The molecule has 0 bridgehead atoms. The molecule has 0 aliphatic carbocycles. The Kier molecular flexibility index (Phi) is 3.87. The molecule has 1 aromatic heterocycles. The summed E-state index contributed by atoms with van der Waals surface area (Å²) in [5.41, 5.74) is 0.593. The molecule has 0 unspecified atom stereocenters. The summed E-state index contributed by atoms with van der Waals surface area (Å²) >= 11 is 5.66. The van der Waals surface area contributed by atoms with Crippen LogP contribution in [0, 0.1) is 6.92 Å². The van der Waals surface area contributed by atoms with Crippen molar-refractivity contribution in [3.05, 3.63) is 47.9 Å². The van der Waals surface area contributed by atoms with Crippen LogP contribution in [0.4, 0.5) is 5.69 Å². The third-order valence-corrected chi connectivity index (χ3v) is 4.97. The zero-order valence-corrected chi connectivity index (χ0v) is 12.2. The molecule has 0 saturated carbocycles. The molecule has 0 aliphatic heterocycles. The van der Waals surface area contributed by atoms with Crippen molar-refractivity contribution < 1.29 is 12.8 Å². The molecule has 0 atom stereocenters. The van der Waals surface area contributed by atoms with Crippen LogP contribution in [0.5, 0.6) is 0 Å². The number of nitrogens with zero attached hydrogens (tertiary/aromatic N) is 1. The summed E-state index contributed by atoms with van der Waals surface area (Å²) in [7, 11) is -2.12. The minimum absolute atomic E-state index is 0.144. The summed E-state index contributed by atoms with van der Waals surface area (Å²) in [6, 6.07) is 10.3. The quantitative estimate of drug-likeness (QED) is 0.815. The van der Waals surface area contributed by atoms with Gasteiger partial charge in [-0.05, 0) is 19.1 Å². The number of halogens is 1.